The van der Waals surface area contributed by atoms with Gasteiger partial charge in [-0.3, -0.25) is 40.0 Å². The number of nitrogens with one attached hydrogen (secondary N) is 1. The smallest absolute Gasteiger partial charge is 0.318 e. The first kappa shape index (κ1) is 18.7. The maximum Gasteiger partial charge on any atom is 0.318 e. The summed E-state index contributed by atoms with van der Waals surface area (Å²) in [5, 5.41) is 34.0. The van der Waals surface area contributed by atoms with Gasteiger partial charge in [0.2, 0.25) is 5.75 Å². The SMILES string of the molecule is C=CCN1C(=O)/C(=C\c2cc([N+](=O)[O-])cc([N+](=O)[O-])c2O)C(=O)NC1=S. The number of phenolic OH excluding ortho intramolecular Hbond substituents is 1. The second-order valence-corrected chi connectivity index (χ2v) is 5.33. The Morgan fingerprint density at radius 2 is 1.92 bits per heavy atom. The summed E-state index contributed by atoms with van der Waals surface area (Å²) >= 11 is 4.87. The molecular weight excluding hydrogens is 368 g/mol. The molecule has 26 heavy (non-hydrogen) atoms. The van der Waals surface area contributed by atoms with Crippen LogP contribution in [0.25, 0.3) is 6.08 Å². The number of carbonyl (C=O) groups excluding carboxylic acids is 2. The van der Waals surface area contributed by atoms with Gasteiger partial charge in [-0.1, -0.05) is 6.08 Å². The lowest BCUT2D eigenvalue weighted by Crippen LogP contribution is -2.53. The average molecular weight is 378 g/mol. The first-order valence-electron chi connectivity index (χ1n) is 6.83. The van der Waals surface area contributed by atoms with Gasteiger partial charge in [-0.2, -0.15) is 0 Å². The number of phenols is 1. The van der Waals surface area contributed by atoms with Crippen molar-refractivity contribution in [2.45, 2.75) is 0 Å². The lowest BCUT2D eigenvalue weighted by atomic mass is 10.0. The zero-order valence-electron chi connectivity index (χ0n) is 12.9. The van der Waals surface area contributed by atoms with Crippen LogP contribution in [0.2, 0.25) is 0 Å². The van der Waals surface area contributed by atoms with Gasteiger partial charge in [0.15, 0.2) is 5.11 Å². The number of hydrogen-bond acceptors (Lipinski definition) is 8. The van der Waals surface area contributed by atoms with Crippen molar-refractivity contribution in [1.82, 2.24) is 10.2 Å². The van der Waals surface area contributed by atoms with Crippen LogP contribution < -0.4 is 5.32 Å². The second-order valence-electron chi connectivity index (χ2n) is 4.94. The van der Waals surface area contributed by atoms with Crippen molar-refractivity contribution in [2.24, 2.45) is 0 Å². The number of carbonyl (C=O) groups is 2. The molecule has 134 valence electrons. The van der Waals surface area contributed by atoms with Gasteiger partial charge < -0.3 is 5.11 Å². The Morgan fingerprint density at radius 3 is 2.46 bits per heavy atom. The number of nitro benzene ring substituents is 2. The molecular formula is C14H10N4O7S. The van der Waals surface area contributed by atoms with Gasteiger partial charge in [0.25, 0.3) is 17.5 Å². The summed E-state index contributed by atoms with van der Waals surface area (Å²) in [5.74, 6) is -2.67. The monoisotopic (exact) mass is 378 g/mol. The van der Waals surface area contributed by atoms with Crippen molar-refractivity contribution in [2.75, 3.05) is 6.54 Å². The van der Waals surface area contributed by atoms with Gasteiger partial charge in [0, 0.05) is 18.2 Å². The lowest BCUT2D eigenvalue weighted by molar-refractivity contribution is -0.394. The molecule has 1 heterocycles. The third-order valence-corrected chi connectivity index (χ3v) is 3.63. The highest BCUT2D eigenvalue weighted by molar-refractivity contribution is 7.80. The molecule has 2 N–H and O–H groups in total. The van der Waals surface area contributed by atoms with Crippen LogP contribution >= 0.6 is 12.2 Å². The van der Waals surface area contributed by atoms with Crippen molar-refractivity contribution in [3.05, 3.63) is 56.2 Å². The quantitative estimate of drug-likeness (QED) is 0.192. The van der Waals surface area contributed by atoms with E-state index >= 15 is 0 Å². The van der Waals surface area contributed by atoms with Gasteiger partial charge in [-0.15, -0.1) is 6.58 Å². The summed E-state index contributed by atoms with van der Waals surface area (Å²) in [6.07, 6.45) is 2.18. The summed E-state index contributed by atoms with van der Waals surface area (Å²) in [4.78, 5) is 45.4. The van der Waals surface area contributed by atoms with E-state index < -0.39 is 49.9 Å². The van der Waals surface area contributed by atoms with Gasteiger partial charge in [-0.05, 0) is 18.3 Å². The fourth-order valence-electron chi connectivity index (χ4n) is 2.12. The largest absolute Gasteiger partial charge is 0.502 e. The van der Waals surface area contributed by atoms with E-state index in [1.165, 1.54) is 6.08 Å². The number of amides is 2. The van der Waals surface area contributed by atoms with E-state index in [0.717, 1.165) is 17.0 Å². The molecule has 1 fully saturated rings. The number of nitro groups is 2. The molecule has 0 bridgehead atoms. The Kier molecular flexibility index (Phi) is 5.07. The molecule has 0 aromatic heterocycles. The maximum absolute atomic E-state index is 12.4. The van der Waals surface area contributed by atoms with E-state index in [1.54, 1.807) is 0 Å². The molecule has 0 saturated carbocycles. The summed E-state index contributed by atoms with van der Waals surface area (Å²) in [7, 11) is 0. The standard InChI is InChI=1S/C14H10N4O7S/c1-2-3-16-13(21)9(12(20)15-14(16)26)5-7-4-8(17(22)23)6-10(11(7)19)18(24)25/h2,4-6,19H,1,3H2,(H,15,20,26)/b9-5-. The predicted octanol–water partition coefficient (Wildman–Crippen LogP) is 1.02. The Bertz CT molecular complexity index is 909. The van der Waals surface area contributed by atoms with E-state index in [9.17, 15) is 34.9 Å². The molecule has 0 aliphatic carbocycles. The van der Waals surface area contributed by atoms with Gasteiger partial charge >= 0.3 is 5.69 Å². The topological polar surface area (TPSA) is 156 Å². The molecule has 1 aromatic rings. The minimum atomic E-state index is -1.02. The molecule has 1 aliphatic rings. The fraction of sp³-hybridized carbons (Fsp3) is 0.0714. The second kappa shape index (κ2) is 7.06. The Labute approximate surface area is 150 Å². The molecule has 11 nitrogen and oxygen atoms in total. The summed E-state index contributed by atoms with van der Waals surface area (Å²) < 4.78 is 0. The number of rotatable bonds is 5. The molecule has 1 aromatic carbocycles. The van der Waals surface area contributed by atoms with Crippen LogP contribution in [-0.4, -0.2) is 43.3 Å². The molecule has 2 rings (SSSR count). The zero-order chi connectivity index (χ0) is 19.6. The molecule has 1 aliphatic heterocycles. The number of nitrogens with zero attached hydrogens (tertiary/aromatic N) is 3. The summed E-state index contributed by atoms with van der Waals surface area (Å²) in [6.45, 7) is 3.43. The van der Waals surface area contributed by atoms with Gasteiger partial charge in [0.1, 0.15) is 5.57 Å². The van der Waals surface area contributed by atoms with E-state index in [4.69, 9.17) is 12.2 Å². The Hall–Kier alpha value is -3.67. The van der Waals surface area contributed by atoms with Crippen LogP contribution in [-0.2, 0) is 9.59 Å². The number of hydrogen-bond donors (Lipinski definition) is 2. The Morgan fingerprint density at radius 1 is 1.27 bits per heavy atom. The molecule has 0 spiro atoms. The highest BCUT2D eigenvalue weighted by atomic mass is 32.1. The molecule has 2 amide bonds. The maximum atomic E-state index is 12.4. The van der Waals surface area contributed by atoms with E-state index in [0.29, 0.717) is 6.07 Å². The molecule has 12 heteroatoms. The molecule has 0 radical (unpaired) electrons. The summed E-state index contributed by atoms with van der Waals surface area (Å²) in [5.41, 5.74) is -2.57. The molecule has 0 unspecified atom stereocenters. The van der Waals surface area contributed by atoms with Crippen molar-refractivity contribution in [1.29, 1.82) is 0 Å². The minimum absolute atomic E-state index is 0.0175. The van der Waals surface area contributed by atoms with Crippen LogP contribution in [0.1, 0.15) is 5.56 Å². The van der Waals surface area contributed by atoms with Crippen molar-refractivity contribution in [3.8, 4) is 5.75 Å². The number of aromatic hydroxyl groups is 1. The highest BCUT2D eigenvalue weighted by Crippen LogP contribution is 2.35. The van der Waals surface area contributed by atoms with Crippen LogP contribution in [0.15, 0.2) is 30.4 Å². The van der Waals surface area contributed by atoms with Crippen LogP contribution in [0.5, 0.6) is 5.75 Å². The third-order valence-electron chi connectivity index (χ3n) is 3.31. The summed E-state index contributed by atoms with van der Waals surface area (Å²) in [6, 6.07) is 1.37. The lowest BCUT2D eigenvalue weighted by Gasteiger charge is -2.27. The molecule has 0 atom stereocenters. The Balaban J connectivity index is 2.63. The number of non-ortho nitro benzene ring substituents is 1. The van der Waals surface area contributed by atoms with Crippen molar-refractivity contribution < 1.29 is 24.5 Å². The van der Waals surface area contributed by atoms with E-state index in [-0.39, 0.29) is 11.7 Å². The van der Waals surface area contributed by atoms with E-state index in [2.05, 4.69) is 11.9 Å². The average Bonchev–Trinajstić information content (AvgIpc) is 2.56. The zero-order valence-corrected chi connectivity index (χ0v) is 13.7. The van der Waals surface area contributed by atoms with Crippen LogP contribution in [0.4, 0.5) is 11.4 Å². The van der Waals surface area contributed by atoms with Gasteiger partial charge in [-0.25, -0.2) is 0 Å². The fourth-order valence-corrected chi connectivity index (χ4v) is 2.37. The first-order chi connectivity index (χ1) is 12.2. The van der Waals surface area contributed by atoms with Gasteiger partial charge in [0.05, 0.1) is 15.9 Å². The first-order valence-corrected chi connectivity index (χ1v) is 7.23. The third kappa shape index (κ3) is 3.39. The number of benzene rings is 1. The van der Waals surface area contributed by atoms with E-state index in [1.807, 2.05) is 0 Å². The van der Waals surface area contributed by atoms with Crippen LogP contribution in [0, 0.1) is 20.2 Å². The molecule has 1 saturated heterocycles. The predicted molar refractivity (Wildman–Crippen MR) is 92.0 cm³/mol. The highest BCUT2D eigenvalue weighted by Gasteiger charge is 2.33. The van der Waals surface area contributed by atoms with Crippen molar-refractivity contribution in [3.63, 3.8) is 0 Å². The normalized spacial score (nSPS) is 15.8. The van der Waals surface area contributed by atoms with Crippen LogP contribution in [0.3, 0.4) is 0 Å². The number of thiocarbonyl (C=S) groups is 1. The van der Waals surface area contributed by atoms with Crippen molar-refractivity contribution >= 4 is 46.6 Å². The minimum Gasteiger partial charge on any atom is -0.502 e.